The lowest BCUT2D eigenvalue weighted by Crippen LogP contribution is -2.41. The van der Waals surface area contributed by atoms with E-state index in [1.807, 2.05) is 39.0 Å². The summed E-state index contributed by atoms with van der Waals surface area (Å²) in [5, 5.41) is 3.01. The predicted molar refractivity (Wildman–Crippen MR) is 107 cm³/mol. The van der Waals surface area contributed by atoms with Gasteiger partial charge in [0, 0.05) is 24.7 Å². The number of carbonyl (C=O) groups is 1. The van der Waals surface area contributed by atoms with Gasteiger partial charge in [0.15, 0.2) is 0 Å². The standard InChI is InChI=1S/C21H26N2O3S/c1-15-5-8-19(9-6-15)27(25,26)23-12-10-18(11-13-23)21(24)22-20-14-16(2)4-7-17(20)3/h4-9,14,18H,10-13H2,1-3H3,(H,22,24). The van der Waals surface area contributed by atoms with Crippen LogP contribution in [0, 0.1) is 26.7 Å². The molecule has 6 heteroatoms. The van der Waals surface area contributed by atoms with E-state index in [9.17, 15) is 13.2 Å². The van der Waals surface area contributed by atoms with Gasteiger partial charge in [-0.15, -0.1) is 0 Å². The van der Waals surface area contributed by atoms with Crippen LogP contribution in [0.25, 0.3) is 0 Å². The SMILES string of the molecule is Cc1ccc(S(=O)(=O)N2CCC(C(=O)Nc3cc(C)ccc3C)CC2)cc1. The molecule has 27 heavy (non-hydrogen) atoms. The Morgan fingerprint density at radius 3 is 2.19 bits per heavy atom. The molecule has 1 fully saturated rings. The highest BCUT2D eigenvalue weighted by Gasteiger charge is 2.32. The Bertz CT molecular complexity index is 928. The molecule has 2 aromatic rings. The van der Waals surface area contributed by atoms with Crippen molar-refractivity contribution >= 4 is 21.6 Å². The Kier molecular flexibility index (Phi) is 5.67. The Hall–Kier alpha value is -2.18. The molecule has 5 nitrogen and oxygen atoms in total. The van der Waals surface area contributed by atoms with Crippen LogP contribution in [0.1, 0.15) is 29.5 Å². The van der Waals surface area contributed by atoms with Crippen LogP contribution in [0.2, 0.25) is 0 Å². The van der Waals surface area contributed by atoms with Crippen molar-refractivity contribution in [3.63, 3.8) is 0 Å². The van der Waals surface area contributed by atoms with Crippen molar-refractivity contribution in [2.45, 2.75) is 38.5 Å². The average Bonchev–Trinajstić information content (AvgIpc) is 2.65. The molecule has 1 aliphatic rings. The lowest BCUT2D eigenvalue weighted by Gasteiger charge is -2.30. The van der Waals surface area contributed by atoms with Gasteiger partial charge in [-0.25, -0.2) is 8.42 Å². The van der Waals surface area contributed by atoms with E-state index in [0.717, 1.165) is 22.4 Å². The van der Waals surface area contributed by atoms with Crippen LogP contribution < -0.4 is 5.32 Å². The van der Waals surface area contributed by atoms with Crippen LogP contribution in [-0.4, -0.2) is 31.7 Å². The van der Waals surface area contributed by atoms with Crippen LogP contribution in [0.5, 0.6) is 0 Å². The fourth-order valence-corrected chi connectivity index (χ4v) is 4.79. The summed E-state index contributed by atoms with van der Waals surface area (Å²) in [6, 6.07) is 12.9. The smallest absolute Gasteiger partial charge is 0.243 e. The summed E-state index contributed by atoms with van der Waals surface area (Å²) in [7, 11) is -3.50. The molecule has 0 aromatic heterocycles. The number of benzene rings is 2. The van der Waals surface area contributed by atoms with E-state index in [2.05, 4.69) is 5.32 Å². The Balaban J connectivity index is 1.63. The van der Waals surface area contributed by atoms with Crippen molar-refractivity contribution in [3.8, 4) is 0 Å². The molecule has 0 aliphatic carbocycles. The predicted octanol–water partition coefficient (Wildman–Crippen LogP) is 3.65. The summed E-state index contributed by atoms with van der Waals surface area (Å²) in [6.45, 7) is 6.61. The molecule has 3 rings (SSSR count). The first kappa shape index (κ1) is 19.6. The maximum atomic E-state index is 12.8. The molecule has 0 unspecified atom stereocenters. The van der Waals surface area contributed by atoms with Gasteiger partial charge in [-0.1, -0.05) is 29.8 Å². The number of carbonyl (C=O) groups excluding carboxylic acids is 1. The minimum atomic E-state index is -3.50. The second kappa shape index (κ2) is 7.82. The molecule has 1 amide bonds. The highest BCUT2D eigenvalue weighted by molar-refractivity contribution is 7.89. The molecule has 1 heterocycles. The summed E-state index contributed by atoms with van der Waals surface area (Å²) >= 11 is 0. The van der Waals surface area contributed by atoms with E-state index in [1.165, 1.54) is 4.31 Å². The van der Waals surface area contributed by atoms with Gasteiger partial charge in [0.1, 0.15) is 0 Å². The minimum Gasteiger partial charge on any atom is -0.326 e. The molecular formula is C21H26N2O3S. The van der Waals surface area contributed by atoms with Gasteiger partial charge < -0.3 is 5.32 Å². The highest BCUT2D eigenvalue weighted by atomic mass is 32.2. The highest BCUT2D eigenvalue weighted by Crippen LogP contribution is 2.26. The zero-order chi connectivity index (χ0) is 19.6. The number of anilines is 1. The number of sulfonamides is 1. The first-order valence-electron chi connectivity index (χ1n) is 9.22. The van der Waals surface area contributed by atoms with Crippen LogP contribution in [0.3, 0.4) is 0 Å². The summed E-state index contributed by atoms with van der Waals surface area (Å²) in [6.07, 6.45) is 1.06. The van der Waals surface area contributed by atoms with Crippen molar-refractivity contribution in [3.05, 3.63) is 59.2 Å². The monoisotopic (exact) mass is 386 g/mol. The minimum absolute atomic E-state index is 0.0314. The van der Waals surface area contributed by atoms with Crippen molar-refractivity contribution < 1.29 is 13.2 Å². The summed E-state index contributed by atoms with van der Waals surface area (Å²) in [5.74, 6) is -0.203. The first-order chi connectivity index (χ1) is 12.8. The molecule has 1 aliphatic heterocycles. The van der Waals surface area contributed by atoms with E-state index < -0.39 is 10.0 Å². The molecule has 0 atom stereocenters. The maximum absolute atomic E-state index is 12.8. The lowest BCUT2D eigenvalue weighted by molar-refractivity contribution is -0.120. The summed E-state index contributed by atoms with van der Waals surface area (Å²) in [5.41, 5.74) is 3.97. The topological polar surface area (TPSA) is 66.5 Å². The number of hydrogen-bond acceptors (Lipinski definition) is 3. The molecule has 2 aromatic carbocycles. The van der Waals surface area contributed by atoms with Gasteiger partial charge >= 0.3 is 0 Å². The lowest BCUT2D eigenvalue weighted by atomic mass is 9.97. The van der Waals surface area contributed by atoms with Gasteiger partial charge in [0.05, 0.1) is 4.90 Å². The van der Waals surface area contributed by atoms with E-state index in [4.69, 9.17) is 0 Å². The quantitative estimate of drug-likeness (QED) is 0.872. The van der Waals surface area contributed by atoms with Crippen molar-refractivity contribution in [2.24, 2.45) is 5.92 Å². The molecular weight excluding hydrogens is 360 g/mol. The Morgan fingerprint density at radius 1 is 0.963 bits per heavy atom. The Labute approximate surface area is 161 Å². The van der Waals surface area contributed by atoms with Gasteiger partial charge in [-0.3, -0.25) is 4.79 Å². The van der Waals surface area contributed by atoms with Gasteiger partial charge in [-0.2, -0.15) is 4.31 Å². The number of aryl methyl sites for hydroxylation is 3. The number of nitrogens with one attached hydrogen (secondary N) is 1. The molecule has 0 bridgehead atoms. The second-order valence-corrected chi connectivity index (χ2v) is 9.24. The first-order valence-corrected chi connectivity index (χ1v) is 10.7. The zero-order valence-electron chi connectivity index (χ0n) is 16.0. The van der Waals surface area contributed by atoms with Crippen LogP contribution in [0.15, 0.2) is 47.4 Å². The zero-order valence-corrected chi connectivity index (χ0v) is 16.8. The Morgan fingerprint density at radius 2 is 1.56 bits per heavy atom. The number of piperidine rings is 1. The fraction of sp³-hybridized carbons (Fsp3) is 0.381. The number of hydrogen-bond donors (Lipinski definition) is 1. The van der Waals surface area contributed by atoms with Crippen molar-refractivity contribution in [1.29, 1.82) is 0 Å². The van der Waals surface area contributed by atoms with E-state index in [1.54, 1.807) is 24.3 Å². The molecule has 1 N–H and O–H groups in total. The molecule has 144 valence electrons. The van der Waals surface area contributed by atoms with Crippen LogP contribution in [-0.2, 0) is 14.8 Å². The maximum Gasteiger partial charge on any atom is 0.243 e. The van der Waals surface area contributed by atoms with Gasteiger partial charge in [-0.05, 0) is 62.9 Å². The van der Waals surface area contributed by atoms with Crippen molar-refractivity contribution in [1.82, 2.24) is 4.31 Å². The van der Waals surface area contributed by atoms with Crippen LogP contribution >= 0.6 is 0 Å². The molecule has 1 saturated heterocycles. The van der Waals surface area contributed by atoms with Crippen molar-refractivity contribution in [2.75, 3.05) is 18.4 Å². The van der Waals surface area contributed by atoms with Gasteiger partial charge in [0.2, 0.25) is 15.9 Å². The second-order valence-electron chi connectivity index (χ2n) is 7.30. The number of amides is 1. The van der Waals surface area contributed by atoms with E-state index >= 15 is 0 Å². The normalized spacial score (nSPS) is 16.3. The third-order valence-electron chi connectivity index (χ3n) is 5.13. The third-order valence-corrected chi connectivity index (χ3v) is 7.05. The van der Waals surface area contributed by atoms with Gasteiger partial charge in [0.25, 0.3) is 0 Å². The average molecular weight is 387 g/mol. The molecule has 0 saturated carbocycles. The third kappa shape index (κ3) is 4.39. The van der Waals surface area contributed by atoms with E-state index in [0.29, 0.717) is 30.8 Å². The summed E-state index contributed by atoms with van der Waals surface area (Å²) < 4.78 is 27.0. The van der Waals surface area contributed by atoms with Crippen LogP contribution in [0.4, 0.5) is 5.69 Å². The fourth-order valence-electron chi connectivity index (χ4n) is 3.32. The number of nitrogens with zero attached hydrogens (tertiary/aromatic N) is 1. The summed E-state index contributed by atoms with van der Waals surface area (Å²) in [4.78, 5) is 12.9. The van der Waals surface area contributed by atoms with E-state index in [-0.39, 0.29) is 11.8 Å². The largest absolute Gasteiger partial charge is 0.326 e. The number of rotatable bonds is 4. The molecule has 0 spiro atoms. The molecule has 0 radical (unpaired) electrons.